The SMILES string of the molecule is CCCCCC1CCC(CCc2ccc(N=C=S)cc2F)CC1. The van der Waals surface area contributed by atoms with E-state index in [0.29, 0.717) is 5.69 Å². The van der Waals surface area contributed by atoms with E-state index >= 15 is 0 Å². The van der Waals surface area contributed by atoms with Crippen LogP contribution in [-0.4, -0.2) is 5.16 Å². The van der Waals surface area contributed by atoms with Crippen LogP contribution >= 0.6 is 12.2 Å². The molecule has 0 heterocycles. The Morgan fingerprint density at radius 1 is 1.13 bits per heavy atom. The predicted octanol–water partition coefficient (Wildman–Crippen LogP) is 6.88. The average Bonchev–Trinajstić information content (AvgIpc) is 2.56. The van der Waals surface area contributed by atoms with Crippen molar-refractivity contribution < 1.29 is 4.39 Å². The highest BCUT2D eigenvalue weighted by Crippen LogP contribution is 2.34. The molecule has 0 radical (unpaired) electrons. The first kappa shape index (κ1) is 18.3. The highest BCUT2D eigenvalue weighted by atomic mass is 32.1. The molecule has 1 aliphatic carbocycles. The average molecular weight is 334 g/mol. The molecule has 0 bridgehead atoms. The van der Waals surface area contributed by atoms with Gasteiger partial charge in [-0.25, -0.2) is 4.39 Å². The van der Waals surface area contributed by atoms with E-state index in [2.05, 4.69) is 29.3 Å². The Hall–Kier alpha value is -1.05. The Morgan fingerprint density at radius 2 is 1.83 bits per heavy atom. The number of isothiocyanates is 1. The summed E-state index contributed by atoms with van der Waals surface area (Å²) in [6.07, 6.45) is 12.8. The minimum atomic E-state index is -0.162. The highest BCUT2D eigenvalue weighted by Gasteiger charge is 2.21. The summed E-state index contributed by atoms with van der Waals surface area (Å²) in [7, 11) is 0. The topological polar surface area (TPSA) is 12.4 Å². The first-order chi connectivity index (χ1) is 11.2. The van der Waals surface area contributed by atoms with Gasteiger partial charge in [-0.15, -0.1) is 0 Å². The lowest BCUT2D eigenvalue weighted by molar-refractivity contribution is 0.248. The van der Waals surface area contributed by atoms with Crippen molar-refractivity contribution in [3.8, 4) is 0 Å². The van der Waals surface area contributed by atoms with Crippen molar-refractivity contribution in [3.05, 3.63) is 29.6 Å². The molecule has 0 N–H and O–H groups in total. The third-order valence-corrected chi connectivity index (χ3v) is 5.31. The zero-order chi connectivity index (χ0) is 16.5. The van der Waals surface area contributed by atoms with E-state index < -0.39 is 0 Å². The second-order valence-electron chi connectivity index (χ2n) is 6.90. The van der Waals surface area contributed by atoms with Crippen molar-refractivity contribution in [2.75, 3.05) is 0 Å². The minimum absolute atomic E-state index is 0.162. The van der Waals surface area contributed by atoms with Crippen molar-refractivity contribution in [2.45, 2.75) is 71.1 Å². The number of hydrogen-bond donors (Lipinski definition) is 0. The number of rotatable bonds is 8. The van der Waals surface area contributed by atoms with E-state index in [1.165, 1.54) is 57.4 Å². The maximum Gasteiger partial charge on any atom is 0.128 e. The monoisotopic (exact) mass is 333 g/mol. The first-order valence-corrected chi connectivity index (χ1v) is 9.50. The fourth-order valence-corrected chi connectivity index (χ4v) is 3.82. The van der Waals surface area contributed by atoms with Crippen molar-refractivity contribution in [1.82, 2.24) is 0 Å². The zero-order valence-corrected chi connectivity index (χ0v) is 15.0. The minimum Gasteiger partial charge on any atom is -0.207 e. The van der Waals surface area contributed by atoms with Crippen molar-refractivity contribution >= 4 is 23.1 Å². The Morgan fingerprint density at radius 3 is 2.43 bits per heavy atom. The zero-order valence-electron chi connectivity index (χ0n) is 14.2. The Kier molecular flexibility index (Phi) is 7.91. The number of halogens is 1. The van der Waals surface area contributed by atoms with E-state index in [9.17, 15) is 4.39 Å². The van der Waals surface area contributed by atoms with Crippen LogP contribution in [0.2, 0.25) is 0 Å². The molecule has 2 rings (SSSR count). The molecular weight excluding hydrogens is 305 g/mol. The molecule has 1 saturated carbocycles. The maximum absolute atomic E-state index is 14.0. The summed E-state index contributed by atoms with van der Waals surface area (Å²) in [4.78, 5) is 3.82. The van der Waals surface area contributed by atoms with Gasteiger partial charge in [0.1, 0.15) is 5.82 Å². The van der Waals surface area contributed by atoms with Crippen molar-refractivity contribution in [3.63, 3.8) is 0 Å². The number of nitrogens with zero attached hydrogens (tertiary/aromatic N) is 1. The lowest BCUT2D eigenvalue weighted by Crippen LogP contribution is -2.15. The third-order valence-electron chi connectivity index (χ3n) is 5.22. The quantitative estimate of drug-likeness (QED) is 0.287. The van der Waals surface area contributed by atoms with E-state index in [4.69, 9.17) is 0 Å². The number of aryl methyl sites for hydroxylation is 1. The van der Waals surface area contributed by atoms with Gasteiger partial charge < -0.3 is 0 Å². The van der Waals surface area contributed by atoms with Crippen LogP contribution in [0.25, 0.3) is 0 Å². The number of hydrogen-bond acceptors (Lipinski definition) is 2. The lowest BCUT2D eigenvalue weighted by Gasteiger charge is -2.28. The Labute approximate surface area is 145 Å². The molecule has 0 aromatic heterocycles. The highest BCUT2D eigenvalue weighted by molar-refractivity contribution is 7.78. The molecule has 126 valence electrons. The van der Waals surface area contributed by atoms with Gasteiger partial charge >= 0.3 is 0 Å². The van der Waals surface area contributed by atoms with Crippen LogP contribution in [0.3, 0.4) is 0 Å². The summed E-state index contributed by atoms with van der Waals surface area (Å²) in [5.41, 5.74) is 1.35. The second kappa shape index (κ2) is 9.95. The van der Waals surface area contributed by atoms with Gasteiger partial charge in [0.2, 0.25) is 0 Å². The molecule has 0 spiro atoms. The molecule has 0 unspecified atom stereocenters. The molecule has 0 saturated heterocycles. The van der Waals surface area contributed by atoms with Gasteiger partial charge in [0, 0.05) is 6.07 Å². The molecule has 1 aliphatic rings. The first-order valence-electron chi connectivity index (χ1n) is 9.09. The number of unbranched alkanes of at least 4 members (excludes halogenated alkanes) is 2. The molecule has 1 aromatic rings. The molecule has 0 aliphatic heterocycles. The molecule has 1 aromatic carbocycles. The smallest absolute Gasteiger partial charge is 0.128 e. The van der Waals surface area contributed by atoms with Crippen molar-refractivity contribution in [2.24, 2.45) is 16.8 Å². The number of aliphatic imine (C=N–C) groups is 1. The third kappa shape index (κ3) is 6.16. The summed E-state index contributed by atoms with van der Waals surface area (Å²) in [6, 6.07) is 5.12. The number of benzene rings is 1. The van der Waals surface area contributed by atoms with Crippen LogP contribution in [0.15, 0.2) is 23.2 Å². The second-order valence-corrected chi connectivity index (χ2v) is 7.08. The molecule has 23 heavy (non-hydrogen) atoms. The maximum atomic E-state index is 14.0. The largest absolute Gasteiger partial charge is 0.207 e. The van der Waals surface area contributed by atoms with Gasteiger partial charge in [-0.05, 0) is 48.5 Å². The standard InChI is InChI=1S/C20H28FNS/c1-2-3-4-5-16-6-8-17(9-7-16)10-11-18-12-13-19(22-15-23)14-20(18)21/h12-14,16-17H,2-11H2,1H3. The predicted molar refractivity (Wildman–Crippen MR) is 99.0 cm³/mol. The van der Waals surface area contributed by atoms with E-state index in [-0.39, 0.29) is 5.82 Å². The molecule has 1 nitrogen and oxygen atoms in total. The van der Waals surface area contributed by atoms with Crippen LogP contribution in [0.4, 0.5) is 10.1 Å². The van der Waals surface area contributed by atoms with E-state index in [1.807, 2.05) is 12.1 Å². The van der Waals surface area contributed by atoms with Gasteiger partial charge in [0.25, 0.3) is 0 Å². The molecule has 0 atom stereocenters. The Bertz CT molecular complexity index is 528. The van der Waals surface area contributed by atoms with Gasteiger partial charge in [0.15, 0.2) is 0 Å². The van der Waals surface area contributed by atoms with Crippen LogP contribution in [0.1, 0.15) is 70.3 Å². The van der Waals surface area contributed by atoms with E-state index in [0.717, 1.165) is 30.2 Å². The number of thiocarbonyl (C=S) groups is 1. The summed E-state index contributed by atoms with van der Waals surface area (Å²) in [5, 5.41) is 2.28. The fraction of sp³-hybridized carbons (Fsp3) is 0.650. The van der Waals surface area contributed by atoms with Crippen LogP contribution in [0.5, 0.6) is 0 Å². The molecular formula is C20H28FNS. The van der Waals surface area contributed by atoms with Gasteiger partial charge in [-0.3, -0.25) is 0 Å². The van der Waals surface area contributed by atoms with E-state index in [1.54, 1.807) is 0 Å². The van der Waals surface area contributed by atoms with Crippen LogP contribution in [-0.2, 0) is 6.42 Å². The summed E-state index contributed by atoms with van der Waals surface area (Å²) in [5.74, 6) is 1.56. The summed E-state index contributed by atoms with van der Waals surface area (Å²) >= 11 is 4.55. The lowest BCUT2D eigenvalue weighted by atomic mass is 9.78. The summed E-state index contributed by atoms with van der Waals surface area (Å²) < 4.78 is 14.0. The van der Waals surface area contributed by atoms with Gasteiger partial charge in [-0.2, -0.15) is 4.99 Å². The Balaban J connectivity index is 1.74. The van der Waals surface area contributed by atoms with Crippen LogP contribution in [0, 0.1) is 17.7 Å². The molecule has 3 heteroatoms. The fourth-order valence-electron chi connectivity index (χ4n) is 3.71. The van der Waals surface area contributed by atoms with Crippen molar-refractivity contribution in [1.29, 1.82) is 0 Å². The van der Waals surface area contributed by atoms with Gasteiger partial charge in [-0.1, -0.05) is 64.4 Å². The normalized spacial score (nSPS) is 21.0. The van der Waals surface area contributed by atoms with Crippen LogP contribution < -0.4 is 0 Å². The summed E-state index contributed by atoms with van der Waals surface area (Å²) in [6.45, 7) is 2.27. The molecule has 0 amide bonds. The molecule has 1 fully saturated rings. The van der Waals surface area contributed by atoms with Gasteiger partial charge in [0.05, 0.1) is 10.8 Å².